The second-order valence-corrected chi connectivity index (χ2v) is 10.0. The number of likely N-dealkylation sites (tertiary alicyclic amines) is 1. The Morgan fingerprint density at radius 3 is 2.19 bits per heavy atom. The second-order valence-electron chi connectivity index (χ2n) is 8.57. The zero-order valence-corrected chi connectivity index (χ0v) is 19.8. The number of hydrogen-bond donors (Lipinski definition) is 0. The molecule has 32 heavy (non-hydrogen) atoms. The van der Waals surface area contributed by atoms with Gasteiger partial charge >= 0.3 is 0 Å². The molecule has 0 atom stereocenters. The third kappa shape index (κ3) is 4.65. The van der Waals surface area contributed by atoms with Crippen LogP contribution in [0.4, 0.5) is 0 Å². The summed E-state index contributed by atoms with van der Waals surface area (Å²) in [5.74, 6) is 1.85. The number of piperidine rings is 1. The number of carbonyl (C=O) groups excluding carboxylic acids is 2. The van der Waals surface area contributed by atoms with Gasteiger partial charge in [-0.2, -0.15) is 0 Å². The van der Waals surface area contributed by atoms with Gasteiger partial charge in [-0.1, -0.05) is 25.5 Å². The molecular formula is C26H32N2O3S. The van der Waals surface area contributed by atoms with Crippen LogP contribution in [-0.4, -0.2) is 59.0 Å². The van der Waals surface area contributed by atoms with Crippen LogP contribution in [0.15, 0.2) is 48.5 Å². The highest BCUT2D eigenvalue weighted by Crippen LogP contribution is 2.44. The van der Waals surface area contributed by atoms with Gasteiger partial charge in [0, 0.05) is 36.5 Å². The van der Waals surface area contributed by atoms with Gasteiger partial charge in [-0.3, -0.25) is 9.59 Å². The highest BCUT2D eigenvalue weighted by atomic mass is 32.2. The monoisotopic (exact) mass is 452 g/mol. The van der Waals surface area contributed by atoms with Crippen LogP contribution < -0.4 is 4.74 Å². The number of rotatable bonds is 6. The van der Waals surface area contributed by atoms with Crippen molar-refractivity contribution in [1.82, 2.24) is 9.80 Å². The zero-order valence-electron chi connectivity index (χ0n) is 19.0. The van der Waals surface area contributed by atoms with E-state index in [2.05, 4.69) is 19.1 Å². The molecule has 2 fully saturated rings. The summed E-state index contributed by atoms with van der Waals surface area (Å²) in [6.45, 7) is 4.30. The van der Waals surface area contributed by atoms with E-state index in [-0.39, 0.29) is 16.7 Å². The van der Waals surface area contributed by atoms with E-state index in [1.54, 1.807) is 7.11 Å². The van der Waals surface area contributed by atoms with Gasteiger partial charge in [0.15, 0.2) is 0 Å². The predicted octanol–water partition coefficient (Wildman–Crippen LogP) is 4.86. The van der Waals surface area contributed by atoms with E-state index in [0.29, 0.717) is 18.7 Å². The molecule has 1 spiro atoms. The lowest BCUT2D eigenvalue weighted by Crippen LogP contribution is -2.53. The van der Waals surface area contributed by atoms with Gasteiger partial charge < -0.3 is 14.5 Å². The molecule has 2 aliphatic rings. The Labute approximate surface area is 195 Å². The van der Waals surface area contributed by atoms with Gasteiger partial charge in [0.1, 0.15) is 5.75 Å². The van der Waals surface area contributed by atoms with Crippen molar-refractivity contribution in [3.05, 3.63) is 65.2 Å². The van der Waals surface area contributed by atoms with Crippen LogP contribution in [0.3, 0.4) is 0 Å². The van der Waals surface area contributed by atoms with E-state index in [4.69, 9.17) is 4.74 Å². The maximum absolute atomic E-state index is 13.3. The molecule has 0 aromatic heterocycles. The van der Waals surface area contributed by atoms with Gasteiger partial charge in [-0.15, -0.1) is 11.8 Å². The van der Waals surface area contributed by atoms with Crippen molar-refractivity contribution >= 4 is 23.6 Å². The lowest BCUT2D eigenvalue weighted by Gasteiger charge is -2.44. The van der Waals surface area contributed by atoms with Crippen molar-refractivity contribution in [2.75, 3.05) is 32.5 Å². The van der Waals surface area contributed by atoms with Crippen molar-refractivity contribution in [2.45, 2.75) is 43.9 Å². The maximum atomic E-state index is 13.3. The van der Waals surface area contributed by atoms with E-state index in [1.807, 2.05) is 58.0 Å². The molecule has 0 unspecified atom stereocenters. The third-order valence-electron chi connectivity index (χ3n) is 6.61. The lowest BCUT2D eigenvalue weighted by atomic mass is 9.99. The molecule has 5 nitrogen and oxygen atoms in total. The Bertz CT molecular complexity index is 935. The van der Waals surface area contributed by atoms with Gasteiger partial charge in [-0.05, 0) is 67.6 Å². The first-order valence-electron chi connectivity index (χ1n) is 11.5. The fraction of sp³-hybridized carbons (Fsp3) is 0.462. The normalized spacial score (nSPS) is 17.6. The zero-order chi connectivity index (χ0) is 22.6. The topological polar surface area (TPSA) is 49.9 Å². The van der Waals surface area contributed by atoms with Crippen LogP contribution in [0.1, 0.15) is 58.9 Å². The first-order chi connectivity index (χ1) is 15.6. The SMILES string of the molecule is CCCCc1ccc(C(=O)N2CCC3(CC2)SCCN3C(=O)c2ccc(OC)cc2)cc1. The predicted molar refractivity (Wildman–Crippen MR) is 129 cm³/mol. The molecule has 2 saturated heterocycles. The summed E-state index contributed by atoms with van der Waals surface area (Å²) < 4.78 is 5.21. The van der Waals surface area contributed by atoms with Crippen LogP contribution in [-0.2, 0) is 6.42 Å². The first-order valence-corrected chi connectivity index (χ1v) is 12.5. The van der Waals surface area contributed by atoms with E-state index in [1.165, 1.54) is 18.4 Å². The van der Waals surface area contributed by atoms with E-state index < -0.39 is 0 Å². The standard InChI is InChI=1S/C26H32N2O3S/c1-3-4-5-20-6-8-21(9-7-20)24(29)27-16-14-26(15-17-27)28(18-19-32-26)25(30)22-10-12-23(31-2)13-11-22/h6-13H,3-5,14-19H2,1-2H3. The number of amides is 2. The fourth-order valence-electron chi connectivity index (χ4n) is 4.64. The molecule has 2 aromatic carbocycles. The van der Waals surface area contributed by atoms with Gasteiger partial charge in [0.05, 0.1) is 12.0 Å². The summed E-state index contributed by atoms with van der Waals surface area (Å²) in [6, 6.07) is 15.4. The molecule has 0 radical (unpaired) electrons. The molecule has 170 valence electrons. The molecule has 2 heterocycles. The van der Waals surface area contributed by atoms with Crippen LogP contribution >= 0.6 is 11.8 Å². The minimum absolute atomic E-state index is 0.0695. The molecular weight excluding hydrogens is 420 g/mol. The van der Waals surface area contributed by atoms with E-state index >= 15 is 0 Å². The number of carbonyl (C=O) groups is 2. The van der Waals surface area contributed by atoms with Crippen molar-refractivity contribution < 1.29 is 14.3 Å². The number of benzene rings is 2. The van der Waals surface area contributed by atoms with Crippen LogP contribution in [0, 0.1) is 0 Å². The molecule has 0 saturated carbocycles. The molecule has 0 aliphatic carbocycles. The average Bonchev–Trinajstić information content (AvgIpc) is 3.25. The van der Waals surface area contributed by atoms with Gasteiger partial charge in [-0.25, -0.2) is 0 Å². The first kappa shape index (κ1) is 22.7. The number of aryl methyl sites for hydroxylation is 1. The Morgan fingerprint density at radius 2 is 1.56 bits per heavy atom. The van der Waals surface area contributed by atoms with Gasteiger partial charge in [0.25, 0.3) is 11.8 Å². The molecule has 2 aliphatic heterocycles. The summed E-state index contributed by atoms with van der Waals surface area (Å²) in [5, 5.41) is 0. The summed E-state index contributed by atoms with van der Waals surface area (Å²) in [4.78, 5) is 30.1. The highest BCUT2D eigenvalue weighted by molar-refractivity contribution is 8.00. The minimum atomic E-state index is -0.211. The second kappa shape index (κ2) is 9.99. The van der Waals surface area contributed by atoms with Crippen LogP contribution in [0.2, 0.25) is 0 Å². The molecule has 6 heteroatoms. The Kier molecular flexibility index (Phi) is 7.09. The third-order valence-corrected chi connectivity index (χ3v) is 8.16. The van der Waals surface area contributed by atoms with Crippen molar-refractivity contribution in [3.8, 4) is 5.75 Å². The average molecular weight is 453 g/mol. The van der Waals surface area contributed by atoms with Crippen LogP contribution in [0.5, 0.6) is 5.75 Å². The lowest BCUT2D eigenvalue weighted by molar-refractivity contribution is 0.0498. The molecule has 0 N–H and O–H groups in total. The number of nitrogens with zero attached hydrogens (tertiary/aromatic N) is 2. The maximum Gasteiger partial charge on any atom is 0.255 e. The number of ether oxygens (including phenoxy) is 1. The number of methoxy groups -OCH3 is 1. The number of hydrogen-bond acceptors (Lipinski definition) is 4. The summed E-state index contributed by atoms with van der Waals surface area (Å²) in [5.41, 5.74) is 2.73. The molecule has 2 aromatic rings. The molecule has 4 rings (SSSR count). The van der Waals surface area contributed by atoms with Crippen molar-refractivity contribution in [2.24, 2.45) is 0 Å². The van der Waals surface area contributed by atoms with Gasteiger partial charge in [0.2, 0.25) is 0 Å². The van der Waals surface area contributed by atoms with E-state index in [0.717, 1.165) is 42.9 Å². The Balaban J connectivity index is 1.40. The Morgan fingerprint density at radius 1 is 0.938 bits per heavy atom. The summed E-state index contributed by atoms with van der Waals surface area (Å²) in [7, 11) is 1.62. The van der Waals surface area contributed by atoms with Crippen molar-refractivity contribution in [3.63, 3.8) is 0 Å². The minimum Gasteiger partial charge on any atom is -0.497 e. The smallest absolute Gasteiger partial charge is 0.255 e. The Hall–Kier alpha value is -2.47. The highest BCUT2D eigenvalue weighted by Gasteiger charge is 2.47. The number of thioether (sulfide) groups is 1. The number of unbranched alkanes of at least 4 members (excludes halogenated alkanes) is 1. The fourth-order valence-corrected chi connectivity index (χ4v) is 6.09. The quantitative estimate of drug-likeness (QED) is 0.628. The molecule has 2 amide bonds. The summed E-state index contributed by atoms with van der Waals surface area (Å²) in [6.07, 6.45) is 5.02. The van der Waals surface area contributed by atoms with E-state index in [9.17, 15) is 9.59 Å². The summed E-state index contributed by atoms with van der Waals surface area (Å²) >= 11 is 1.87. The van der Waals surface area contributed by atoms with Crippen LogP contribution in [0.25, 0.3) is 0 Å². The van der Waals surface area contributed by atoms with Crippen molar-refractivity contribution in [1.29, 1.82) is 0 Å². The molecule has 0 bridgehead atoms. The largest absolute Gasteiger partial charge is 0.497 e.